The SMILES string of the molecule is COc1ccc(CCn2c(-c3ccc(Cl)cc3)nc3ccccc3c2=O)cc1OC. The fourth-order valence-electron chi connectivity index (χ4n) is 3.47. The molecule has 3 aromatic carbocycles. The van der Waals surface area contributed by atoms with E-state index in [1.54, 1.807) is 30.9 Å². The lowest BCUT2D eigenvalue weighted by Crippen LogP contribution is -2.24. The number of aromatic nitrogens is 2. The molecule has 0 unspecified atom stereocenters. The zero-order chi connectivity index (χ0) is 21.1. The van der Waals surface area contributed by atoms with Crippen molar-refractivity contribution in [3.8, 4) is 22.9 Å². The molecule has 6 heteroatoms. The standard InChI is InChI=1S/C24H21ClN2O3/c1-29-21-12-7-16(15-22(21)30-2)13-14-27-23(17-8-10-18(25)11-9-17)26-20-6-4-3-5-19(20)24(27)28/h3-12,15H,13-14H2,1-2H3. The van der Waals surface area contributed by atoms with Crippen LogP contribution in [0.4, 0.5) is 0 Å². The number of hydrogen-bond acceptors (Lipinski definition) is 4. The minimum absolute atomic E-state index is 0.0639. The van der Waals surface area contributed by atoms with Crippen LogP contribution in [0.1, 0.15) is 5.56 Å². The van der Waals surface area contributed by atoms with Crippen molar-refractivity contribution in [2.45, 2.75) is 13.0 Å². The van der Waals surface area contributed by atoms with Crippen LogP contribution in [0, 0.1) is 0 Å². The van der Waals surface area contributed by atoms with E-state index in [9.17, 15) is 4.79 Å². The number of halogens is 1. The molecule has 0 aliphatic rings. The molecule has 0 fully saturated rings. The third kappa shape index (κ3) is 3.89. The number of benzene rings is 3. The molecule has 0 atom stereocenters. The first-order chi connectivity index (χ1) is 14.6. The second-order valence-electron chi connectivity index (χ2n) is 6.86. The van der Waals surface area contributed by atoms with E-state index < -0.39 is 0 Å². The molecule has 1 aromatic heterocycles. The Morgan fingerprint density at radius 2 is 1.67 bits per heavy atom. The van der Waals surface area contributed by atoms with E-state index in [-0.39, 0.29) is 5.56 Å². The zero-order valence-corrected chi connectivity index (χ0v) is 17.5. The molecular formula is C24H21ClN2O3. The van der Waals surface area contributed by atoms with Gasteiger partial charge in [-0.25, -0.2) is 4.98 Å². The highest BCUT2D eigenvalue weighted by Gasteiger charge is 2.13. The van der Waals surface area contributed by atoms with Crippen molar-refractivity contribution in [2.24, 2.45) is 0 Å². The van der Waals surface area contributed by atoms with Gasteiger partial charge in [-0.2, -0.15) is 0 Å². The highest BCUT2D eigenvalue weighted by atomic mass is 35.5. The maximum Gasteiger partial charge on any atom is 0.261 e. The molecule has 0 N–H and O–H groups in total. The maximum atomic E-state index is 13.3. The number of nitrogens with zero attached hydrogens (tertiary/aromatic N) is 2. The first-order valence-corrected chi connectivity index (χ1v) is 9.95. The van der Waals surface area contributed by atoms with Gasteiger partial charge < -0.3 is 9.47 Å². The average Bonchev–Trinajstić information content (AvgIpc) is 2.78. The lowest BCUT2D eigenvalue weighted by atomic mass is 10.1. The van der Waals surface area contributed by atoms with E-state index >= 15 is 0 Å². The number of para-hydroxylation sites is 1. The predicted octanol–water partition coefficient (Wildman–Crippen LogP) is 4.98. The first kappa shape index (κ1) is 20.0. The van der Waals surface area contributed by atoms with Gasteiger partial charge in [0.05, 0.1) is 25.1 Å². The molecule has 0 radical (unpaired) electrons. The van der Waals surface area contributed by atoms with Gasteiger partial charge in [0.15, 0.2) is 11.5 Å². The largest absolute Gasteiger partial charge is 0.493 e. The lowest BCUT2D eigenvalue weighted by Gasteiger charge is -2.15. The Bertz CT molecular complexity index is 1250. The molecule has 1 heterocycles. The fraction of sp³-hybridized carbons (Fsp3) is 0.167. The normalized spacial score (nSPS) is 10.9. The van der Waals surface area contributed by atoms with Crippen molar-refractivity contribution >= 4 is 22.5 Å². The average molecular weight is 421 g/mol. The number of methoxy groups -OCH3 is 2. The first-order valence-electron chi connectivity index (χ1n) is 9.57. The van der Waals surface area contributed by atoms with Crippen molar-refractivity contribution in [1.29, 1.82) is 0 Å². The van der Waals surface area contributed by atoms with Gasteiger partial charge in [-0.15, -0.1) is 0 Å². The van der Waals surface area contributed by atoms with E-state index in [0.29, 0.717) is 46.2 Å². The van der Waals surface area contributed by atoms with Gasteiger partial charge >= 0.3 is 0 Å². The van der Waals surface area contributed by atoms with Gasteiger partial charge in [-0.05, 0) is 60.5 Å². The minimum atomic E-state index is -0.0639. The molecule has 0 saturated heterocycles. The number of rotatable bonds is 6. The van der Waals surface area contributed by atoms with Gasteiger partial charge in [-0.3, -0.25) is 9.36 Å². The molecule has 0 spiro atoms. The van der Waals surface area contributed by atoms with E-state index in [1.807, 2.05) is 54.6 Å². The van der Waals surface area contributed by atoms with Crippen LogP contribution < -0.4 is 15.0 Å². The number of hydrogen-bond donors (Lipinski definition) is 0. The molecule has 4 rings (SSSR count). The summed E-state index contributed by atoms with van der Waals surface area (Å²) in [7, 11) is 3.22. The Balaban J connectivity index is 1.77. The van der Waals surface area contributed by atoms with Crippen molar-refractivity contribution in [1.82, 2.24) is 9.55 Å². The van der Waals surface area contributed by atoms with Crippen molar-refractivity contribution < 1.29 is 9.47 Å². The summed E-state index contributed by atoms with van der Waals surface area (Å²) in [5, 5.41) is 1.24. The van der Waals surface area contributed by atoms with Crippen molar-refractivity contribution in [2.75, 3.05) is 14.2 Å². The van der Waals surface area contributed by atoms with Crippen LogP contribution in [-0.2, 0) is 13.0 Å². The van der Waals surface area contributed by atoms with Gasteiger partial charge in [0, 0.05) is 17.1 Å². The van der Waals surface area contributed by atoms with Gasteiger partial charge in [0.25, 0.3) is 5.56 Å². The monoisotopic (exact) mass is 420 g/mol. The number of fused-ring (bicyclic) bond motifs is 1. The quantitative estimate of drug-likeness (QED) is 0.441. The second kappa shape index (κ2) is 8.59. The Morgan fingerprint density at radius 3 is 2.40 bits per heavy atom. The Hall–Kier alpha value is -3.31. The van der Waals surface area contributed by atoms with Crippen LogP contribution in [0.5, 0.6) is 11.5 Å². The molecule has 4 aromatic rings. The summed E-state index contributed by atoms with van der Waals surface area (Å²) in [5.41, 5.74) is 2.49. The summed E-state index contributed by atoms with van der Waals surface area (Å²) in [5.74, 6) is 1.96. The van der Waals surface area contributed by atoms with Gasteiger partial charge in [0.2, 0.25) is 0 Å². The van der Waals surface area contributed by atoms with Crippen LogP contribution in [0.15, 0.2) is 71.5 Å². The Kier molecular flexibility index (Phi) is 5.72. The van der Waals surface area contributed by atoms with Gasteiger partial charge in [0.1, 0.15) is 5.82 Å². The summed E-state index contributed by atoms with van der Waals surface area (Å²) in [6, 6.07) is 20.5. The van der Waals surface area contributed by atoms with E-state index in [4.69, 9.17) is 26.1 Å². The molecule has 5 nitrogen and oxygen atoms in total. The van der Waals surface area contributed by atoms with Crippen molar-refractivity contribution in [3.05, 3.63) is 87.7 Å². The topological polar surface area (TPSA) is 53.4 Å². The molecule has 30 heavy (non-hydrogen) atoms. The Morgan fingerprint density at radius 1 is 0.933 bits per heavy atom. The smallest absolute Gasteiger partial charge is 0.261 e. The second-order valence-corrected chi connectivity index (χ2v) is 7.29. The fourth-order valence-corrected chi connectivity index (χ4v) is 3.60. The summed E-state index contributed by atoms with van der Waals surface area (Å²) in [4.78, 5) is 18.1. The summed E-state index contributed by atoms with van der Waals surface area (Å²) < 4.78 is 12.4. The molecular weight excluding hydrogens is 400 g/mol. The highest BCUT2D eigenvalue weighted by molar-refractivity contribution is 6.30. The summed E-state index contributed by atoms with van der Waals surface area (Å²) in [6.07, 6.45) is 0.640. The number of ether oxygens (including phenoxy) is 2. The van der Waals surface area contributed by atoms with Gasteiger partial charge in [-0.1, -0.05) is 29.8 Å². The van der Waals surface area contributed by atoms with E-state index in [2.05, 4.69) is 0 Å². The van der Waals surface area contributed by atoms with Crippen LogP contribution >= 0.6 is 11.6 Å². The number of aryl methyl sites for hydroxylation is 1. The third-order valence-corrected chi connectivity index (χ3v) is 5.29. The molecule has 0 aliphatic heterocycles. The summed E-state index contributed by atoms with van der Waals surface area (Å²) >= 11 is 6.05. The maximum absolute atomic E-state index is 13.3. The van der Waals surface area contributed by atoms with Crippen LogP contribution in [-0.4, -0.2) is 23.8 Å². The zero-order valence-electron chi connectivity index (χ0n) is 16.8. The van der Waals surface area contributed by atoms with Crippen molar-refractivity contribution in [3.63, 3.8) is 0 Å². The lowest BCUT2D eigenvalue weighted by molar-refractivity contribution is 0.354. The minimum Gasteiger partial charge on any atom is -0.493 e. The van der Waals surface area contributed by atoms with Crippen LogP contribution in [0.2, 0.25) is 5.02 Å². The molecule has 152 valence electrons. The highest BCUT2D eigenvalue weighted by Crippen LogP contribution is 2.28. The van der Waals surface area contributed by atoms with E-state index in [1.165, 1.54) is 0 Å². The van der Waals surface area contributed by atoms with Crippen LogP contribution in [0.25, 0.3) is 22.3 Å². The third-order valence-electron chi connectivity index (χ3n) is 5.04. The molecule has 0 bridgehead atoms. The molecule has 0 saturated carbocycles. The van der Waals surface area contributed by atoms with E-state index in [0.717, 1.165) is 11.1 Å². The Labute approximate surface area is 179 Å². The predicted molar refractivity (Wildman–Crippen MR) is 120 cm³/mol. The summed E-state index contributed by atoms with van der Waals surface area (Å²) in [6.45, 7) is 0.476. The van der Waals surface area contributed by atoms with Crippen LogP contribution in [0.3, 0.4) is 0 Å². The molecule has 0 aliphatic carbocycles. The molecule has 0 amide bonds.